The Bertz CT molecular complexity index is 615. The topological polar surface area (TPSA) is 35.5 Å². The van der Waals surface area contributed by atoms with Crippen LogP contribution >= 0.6 is 23.2 Å². The molecule has 22 heavy (non-hydrogen) atoms. The summed E-state index contributed by atoms with van der Waals surface area (Å²) < 4.78 is 85.9. The van der Waals surface area contributed by atoms with E-state index in [-0.39, 0.29) is 16.9 Å². The van der Waals surface area contributed by atoms with Crippen molar-refractivity contribution in [3.63, 3.8) is 0 Å². The SMILES string of the molecule is O=Cc1cc2c(cc1Cl)OC(C(Cl)C(F)(F)F)(C(F)(F)F)O2. The minimum Gasteiger partial charge on any atom is -0.439 e. The van der Waals surface area contributed by atoms with E-state index in [4.69, 9.17) is 23.2 Å². The van der Waals surface area contributed by atoms with Crippen LogP contribution in [-0.2, 0) is 0 Å². The summed E-state index contributed by atoms with van der Waals surface area (Å²) in [6.07, 6.45) is -10.9. The minimum atomic E-state index is -5.61. The van der Waals surface area contributed by atoms with Crippen molar-refractivity contribution in [3.8, 4) is 11.5 Å². The molecule has 2 unspecified atom stereocenters. The van der Waals surface area contributed by atoms with Gasteiger partial charge in [0.2, 0.25) is 5.38 Å². The van der Waals surface area contributed by atoms with Gasteiger partial charge in [-0.05, 0) is 6.07 Å². The largest absolute Gasteiger partial charge is 0.470 e. The summed E-state index contributed by atoms with van der Waals surface area (Å²) in [4.78, 5) is 10.7. The Hall–Kier alpha value is -1.35. The number of fused-ring (bicyclic) bond motifs is 1. The lowest BCUT2D eigenvalue weighted by Gasteiger charge is -2.33. The average molecular weight is 369 g/mol. The fraction of sp³-hybridized carbons (Fsp3) is 0.364. The molecule has 0 bridgehead atoms. The molecule has 0 aliphatic carbocycles. The number of halogens is 8. The van der Waals surface area contributed by atoms with Gasteiger partial charge in [0.1, 0.15) is 0 Å². The molecule has 2 atom stereocenters. The molecule has 0 spiro atoms. The molecule has 1 aromatic rings. The number of benzene rings is 1. The number of carbonyl (C=O) groups excluding carboxylic acids is 1. The maximum Gasteiger partial charge on any atom is 0.470 e. The van der Waals surface area contributed by atoms with Gasteiger partial charge >= 0.3 is 18.1 Å². The molecule has 0 N–H and O–H groups in total. The van der Waals surface area contributed by atoms with Gasteiger partial charge in [0.15, 0.2) is 17.8 Å². The first-order chi connectivity index (χ1) is 9.92. The highest BCUT2D eigenvalue weighted by Crippen LogP contribution is 2.53. The first-order valence-corrected chi connectivity index (χ1v) is 6.18. The Morgan fingerprint density at radius 1 is 1.09 bits per heavy atom. The van der Waals surface area contributed by atoms with Crippen molar-refractivity contribution in [2.24, 2.45) is 0 Å². The average Bonchev–Trinajstić information content (AvgIpc) is 2.74. The number of hydrogen-bond donors (Lipinski definition) is 0. The first kappa shape index (κ1) is 17.0. The predicted molar refractivity (Wildman–Crippen MR) is 62.6 cm³/mol. The number of carbonyl (C=O) groups is 1. The van der Waals surface area contributed by atoms with Crippen molar-refractivity contribution in [1.82, 2.24) is 0 Å². The van der Waals surface area contributed by atoms with Crippen LogP contribution in [0.25, 0.3) is 0 Å². The number of hydrogen-bond acceptors (Lipinski definition) is 3. The van der Waals surface area contributed by atoms with Gasteiger partial charge < -0.3 is 9.47 Å². The molecule has 11 heteroatoms. The molecule has 0 fully saturated rings. The summed E-state index contributed by atoms with van der Waals surface area (Å²) in [7, 11) is 0. The first-order valence-electron chi connectivity index (χ1n) is 5.36. The van der Waals surface area contributed by atoms with Crippen LogP contribution in [-0.4, -0.2) is 29.8 Å². The van der Waals surface area contributed by atoms with E-state index in [1.54, 1.807) is 0 Å². The quantitative estimate of drug-likeness (QED) is 0.442. The van der Waals surface area contributed by atoms with Gasteiger partial charge in [-0.3, -0.25) is 4.79 Å². The fourth-order valence-corrected chi connectivity index (χ4v) is 2.14. The van der Waals surface area contributed by atoms with Crippen molar-refractivity contribution in [2.45, 2.75) is 23.5 Å². The molecule has 1 aromatic carbocycles. The Labute approximate surface area is 128 Å². The van der Waals surface area contributed by atoms with Crippen LogP contribution < -0.4 is 9.47 Å². The van der Waals surface area contributed by atoms with Crippen LogP contribution in [0.2, 0.25) is 5.02 Å². The minimum absolute atomic E-state index is 0.196. The van der Waals surface area contributed by atoms with Crippen LogP contribution in [0.5, 0.6) is 11.5 Å². The van der Waals surface area contributed by atoms with Crippen LogP contribution in [0.4, 0.5) is 26.3 Å². The lowest BCUT2D eigenvalue weighted by Crippen LogP contribution is -2.63. The molecule has 122 valence electrons. The van der Waals surface area contributed by atoms with Crippen molar-refractivity contribution < 1.29 is 40.6 Å². The lowest BCUT2D eigenvalue weighted by atomic mass is 10.1. The van der Waals surface area contributed by atoms with E-state index >= 15 is 0 Å². The summed E-state index contributed by atoms with van der Waals surface area (Å²) in [5.41, 5.74) is -0.278. The van der Waals surface area contributed by atoms with Crippen molar-refractivity contribution in [1.29, 1.82) is 0 Å². The molecule has 1 aliphatic heterocycles. The molecule has 3 nitrogen and oxygen atoms in total. The molecular weight excluding hydrogens is 365 g/mol. The van der Waals surface area contributed by atoms with E-state index in [2.05, 4.69) is 9.47 Å². The fourth-order valence-electron chi connectivity index (χ4n) is 1.73. The third-order valence-electron chi connectivity index (χ3n) is 2.73. The highest BCUT2D eigenvalue weighted by molar-refractivity contribution is 6.33. The van der Waals surface area contributed by atoms with E-state index in [0.29, 0.717) is 0 Å². The summed E-state index contributed by atoms with van der Waals surface area (Å²) in [5.74, 6) is -5.60. The number of alkyl halides is 7. The van der Waals surface area contributed by atoms with Crippen molar-refractivity contribution in [2.75, 3.05) is 0 Å². The highest BCUT2D eigenvalue weighted by Gasteiger charge is 2.74. The van der Waals surface area contributed by atoms with E-state index in [0.717, 1.165) is 12.1 Å². The third kappa shape index (κ3) is 2.56. The van der Waals surface area contributed by atoms with Gasteiger partial charge in [0, 0.05) is 11.6 Å². The maximum absolute atomic E-state index is 13.1. The van der Waals surface area contributed by atoms with Gasteiger partial charge in [-0.1, -0.05) is 11.6 Å². The number of aldehydes is 1. The Balaban J connectivity index is 2.55. The van der Waals surface area contributed by atoms with Crippen molar-refractivity contribution in [3.05, 3.63) is 22.7 Å². The highest BCUT2D eigenvalue weighted by atomic mass is 35.5. The van der Waals surface area contributed by atoms with E-state index < -0.39 is 35.0 Å². The van der Waals surface area contributed by atoms with Crippen molar-refractivity contribution >= 4 is 29.5 Å². The molecular formula is C11H4Cl2F6O3. The van der Waals surface area contributed by atoms with E-state index in [1.807, 2.05) is 0 Å². The molecule has 0 saturated carbocycles. The lowest BCUT2D eigenvalue weighted by molar-refractivity contribution is -0.334. The molecule has 0 aromatic heterocycles. The standard InChI is InChI=1S/C11H4Cl2F6O3/c12-5-2-7-6(1-4(5)3-20)21-9(22-7,11(17,18)19)8(13)10(14,15)16/h1-3,8H. The van der Waals surface area contributed by atoms with Gasteiger partial charge in [-0.2, -0.15) is 26.3 Å². The third-order valence-corrected chi connectivity index (χ3v) is 3.59. The molecule has 1 heterocycles. The molecule has 1 aliphatic rings. The van der Waals surface area contributed by atoms with E-state index in [9.17, 15) is 31.1 Å². The molecule has 0 amide bonds. The second kappa shape index (κ2) is 5.09. The molecule has 0 saturated heterocycles. The Kier molecular flexibility index (Phi) is 3.93. The van der Waals surface area contributed by atoms with Gasteiger partial charge in [0.25, 0.3) is 0 Å². The van der Waals surface area contributed by atoms with Gasteiger partial charge in [-0.15, -0.1) is 11.6 Å². The van der Waals surface area contributed by atoms with E-state index in [1.165, 1.54) is 0 Å². The molecule has 2 rings (SSSR count). The summed E-state index contributed by atoms with van der Waals surface area (Å²) in [5, 5.41) is -3.85. The maximum atomic E-state index is 13.1. The molecule has 0 radical (unpaired) electrons. The zero-order valence-corrected chi connectivity index (χ0v) is 11.6. The van der Waals surface area contributed by atoms with Crippen LogP contribution in [0.1, 0.15) is 10.4 Å². The summed E-state index contributed by atoms with van der Waals surface area (Å²) >= 11 is 10.5. The van der Waals surface area contributed by atoms with Crippen LogP contribution in [0.15, 0.2) is 12.1 Å². The predicted octanol–water partition coefficient (Wildman–Crippen LogP) is 4.35. The Morgan fingerprint density at radius 2 is 1.59 bits per heavy atom. The zero-order valence-electron chi connectivity index (χ0n) is 10.1. The second-order valence-corrected chi connectivity index (χ2v) is 5.06. The van der Waals surface area contributed by atoms with Crippen LogP contribution in [0, 0.1) is 0 Å². The second-order valence-electron chi connectivity index (χ2n) is 4.21. The summed E-state index contributed by atoms with van der Waals surface area (Å²) in [6.45, 7) is 0. The zero-order chi connectivity index (χ0) is 16.9. The Morgan fingerprint density at radius 3 is 2.00 bits per heavy atom. The summed E-state index contributed by atoms with van der Waals surface area (Å²) in [6, 6.07) is 1.48. The van der Waals surface area contributed by atoms with Gasteiger partial charge in [-0.25, -0.2) is 0 Å². The van der Waals surface area contributed by atoms with Crippen LogP contribution in [0.3, 0.4) is 0 Å². The number of rotatable bonds is 2. The monoisotopic (exact) mass is 368 g/mol. The van der Waals surface area contributed by atoms with Gasteiger partial charge in [0.05, 0.1) is 5.02 Å². The smallest absolute Gasteiger partial charge is 0.439 e. The number of ether oxygens (including phenoxy) is 2. The normalized spacial score (nSPS) is 22.5.